The van der Waals surface area contributed by atoms with Gasteiger partial charge in [-0.3, -0.25) is 9.59 Å². The topological polar surface area (TPSA) is 83.4 Å². The molecule has 0 aromatic carbocycles. The number of hydrogen-bond acceptors (Lipinski definition) is 5. The number of carbonyl (C=O) groups is 2. The summed E-state index contributed by atoms with van der Waals surface area (Å²) in [6.07, 6.45) is 11.8. The number of piperidine rings is 1. The van der Waals surface area contributed by atoms with E-state index in [1.165, 1.54) is 12.8 Å². The second-order valence-electron chi connectivity index (χ2n) is 8.21. The van der Waals surface area contributed by atoms with Crippen LogP contribution in [-0.4, -0.2) is 64.0 Å². The number of hydrogen-bond donors (Lipinski definition) is 1. The van der Waals surface area contributed by atoms with E-state index in [-0.39, 0.29) is 17.7 Å². The van der Waals surface area contributed by atoms with Crippen molar-refractivity contribution in [3.05, 3.63) is 42.6 Å². The zero-order chi connectivity index (χ0) is 20.8. The molecule has 2 aliphatic heterocycles. The number of imidazole rings is 1. The van der Waals surface area contributed by atoms with Crippen LogP contribution in [0.15, 0.2) is 37.1 Å². The molecule has 1 N–H and O–H groups in total. The number of anilines is 1. The number of nitrogens with one attached hydrogen (secondary N) is 1. The van der Waals surface area contributed by atoms with Crippen molar-refractivity contribution in [1.82, 2.24) is 24.8 Å². The van der Waals surface area contributed by atoms with E-state index in [0.29, 0.717) is 31.6 Å². The van der Waals surface area contributed by atoms with Crippen LogP contribution in [0.1, 0.15) is 42.5 Å². The second-order valence-corrected chi connectivity index (χ2v) is 8.21. The summed E-state index contributed by atoms with van der Waals surface area (Å²) >= 11 is 0. The van der Waals surface area contributed by atoms with Gasteiger partial charge >= 0.3 is 0 Å². The highest BCUT2D eigenvalue weighted by molar-refractivity contribution is 5.95. The molecule has 2 amide bonds. The first-order chi connectivity index (χ1) is 14.7. The molecule has 2 aliphatic rings. The van der Waals surface area contributed by atoms with E-state index in [1.807, 2.05) is 21.7 Å². The van der Waals surface area contributed by atoms with Gasteiger partial charge in [0.2, 0.25) is 5.91 Å². The van der Waals surface area contributed by atoms with Crippen LogP contribution in [0.25, 0.3) is 0 Å². The standard InChI is InChI=1S/C22H30N6O2/c29-21(25-8-13-26-12-7-23-17-26)14-18-4-3-11-28(16-18)22(30)19-5-6-24-20(15-19)27-9-1-2-10-27/h5-7,12,15,17-18H,1-4,8-11,13-14,16H2,(H,25,29). The molecule has 0 spiro atoms. The quantitative estimate of drug-likeness (QED) is 0.754. The third-order valence-corrected chi connectivity index (χ3v) is 5.95. The fourth-order valence-corrected chi connectivity index (χ4v) is 4.35. The van der Waals surface area contributed by atoms with Gasteiger partial charge in [-0.05, 0) is 43.7 Å². The largest absolute Gasteiger partial charge is 0.357 e. The van der Waals surface area contributed by atoms with Gasteiger partial charge in [0.15, 0.2) is 0 Å². The number of likely N-dealkylation sites (tertiary alicyclic amines) is 1. The Kier molecular flexibility index (Phi) is 6.61. The molecule has 2 aromatic rings. The summed E-state index contributed by atoms with van der Waals surface area (Å²) in [7, 11) is 0. The normalized spacial score (nSPS) is 19.1. The van der Waals surface area contributed by atoms with Gasteiger partial charge in [-0.25, -0.2) is 9.97 Å². The molecule has 8 nitrogen and oxygen atoms in total. The van der Waals surface area contributed by atoms with Crippen LogP contribution < -0.4 is 10.2 Å². The highest BCUT2D eigenvalue weighted by atomic mass is 16.2. The van der Waals surface area contributed by atoms with Gasteiger partial charge in [0, 0.05) is 69.8 Å². The highest BCUT2D eigenvalue weighted by Crippen LogP contribution is 2.23. The molecule has 2 aromatic heterocycles. The molecular formula is C22H30N6O2. The Morgan fingerprint density at radius 1 is 1.13 bits per heavy atom. The van der Waals surface area contributed by atoms with Crippen LogP contribution in [0.2, 0.25) is 0 Å². The number of pyridine rings is 1. The molecule has 160 valence electrons. The minimum Gasteiger partial charge on any atom is -0.357 e. The van der Waals surface area contributed by atoms with Gasteiger partial charge < -0.3 is 19.7 Å². The zero-order valence-electron chi connectivity index (χ0n) is 17.4. The van der Waals surface area contributed by atoms with E-state index in [0.717, 1.165) is 38.3 Å². The smallest absolute Gasteiger partial charge is 0.254 e. The third-order valence-electron chi connectivity index (χ3n) is 5.95. The molecule has 4 rings (SSSR count). The van der Waals surface area contributed by atoms with Crippen molar-refractivity contribution in [3.63, 3.8) is 0 Å². The first kappa shape index (κ1) is 20.4. The maximum absolute atomic E-state index is 13.1. The summed E-state index contributed by atoms with van der Waals surface area (Å²) < 4.78 is 1.94. The van der Waals surface area contributed by atoms with Crippen LogP contribution in [0.3, 0.4) is 0 Å². The Bertz CT molecular complexity index is 847. The van der Waals surface area contributed by atoms with Crippen molar-refractivity contribution in [2.24, 2.45) is 5.92 Å². The van der Waals surface area contributed by atoms with Crippen molar-refractivity contribution in [1.29, 1.82) is 0 Å². The van der Waals surface area contributed by atoms with E-state index < -0.39 is 0 Å². The maximum Gasteiger partial charge on any atom is 0.254 e. The molecule has 30 heavy (non-hydrogen) atoms. The van der Waals surface area contributed by atoms with Crippen molar-refractivity contribution >= 4 is 17.6 Å². The van der Waals surface area contributed by atoms with Gasteiger partial charge in [0.1, 0.15) is 5.82 Å². The van der Waals surface area contributed by atoms with Gasteiger partial charge in [0.05, 0.1) is 6.33 Å². The number of nitrogens with zero attached hydrogens (tertiary/aromatic N) is 5. The average molecular weight is 411 g/mol. The van der Waals surface area contributed by atoms with Crippen LogP contribution in [0.5, 0.6) is 0 Å². The number of aromatic nitrogens is 3. The number of rotatable bonds is 7. The fraction of sp³-hybridized carbons (Fsp3) is 0.545. The van der Waals surface area contributed by atoms with Gasteiger partial charge in [-0.15, -0.1) is 0 Å². The minimum atomic E-state index is 0.0445. The molecule has 1 atom stereocenters. The SMILES string of the molecule is O=C(CC1CCCN(C(=O)c2ccnc(N3CCCC3)c2)C1)NCCn1ccnc1. The van der Waals surface area contributed by atoms with Crippen LogP contribution in [-0.2, 0) is 11.3 Å². The van der Waals surface area contributed by atoms with E-state index in [9.17, 15) is 9.59 Å². The predicted octanol–water partition coefficient (Wildman–Crippen LogP) is 1.94. The van der Waals surface area contributed by atoms with Crippen molar-refractivity contribution in [2.75, 3.05) is 37.6 Å². The molecule has 2 saturated heterocycles. The first-order valence-corrected chi connectivity index (χ1v) is 10.9. The fourth-order valence-electron chi connectivity index (χ4n) is 4.35. The summed E-state index contributed by atoms with van der Waals surface area (Å²) in [4.78, 5) is 38.0. The molecule has 4 heterocycles. The van der Waals surface area contributed by atoms with Crippen LogP contribution in [0, 0.1) is 5.92 Å². The molecule has 0 aliphatic carbocycles. The molecule has 2 fully saturated rings. The molecule has 1 unspecified atom stereocenters. The second kappa shape index (κ2) is 9.73. The summed E-state index contributed by atoms with van der Waals surface area (Å²) in [6, 6.07) is 3.72. The van der Waals surface area contributed by atoms with Crippen molar-refractivity contribution < 1.29 is 9.59 Å². The number of amides is 2. The number of carbonyl (C=O) groups excluding carboxylic acids is 2. The lowest BCUT2D eigenvalue weighted by atomic mass is 9.94. The lowest BCUT2D eigenvalue weighted by Gasteiger charge is -2.32. The van der Waals surface area contributed by atoms with E-state index in [2.05, 4.69) is 20.2 Å². The Balaban J connectivity index is 1.28. The highest BCUT2D eigenvalue weighted by Gasteiger charge is 2.26. The van der Waals surface area contributed by atoms with Gasteiger partial charge in [0.25, 0.3) is 5.91 Å². The summed E-state index contributed by atoms with van der Waals surface area (Å²) in [5.74, 6) is 1.19. The van der Waals surface area contributed by atoms with Gasteiger partial charge in [-0.1, -0.05) is 0 Å². The molecule has 0 saturated carbocycles. The Hall–Kier alpha value is -2.90. The lowest BCUT2D eigenvalue weighted by molar-refractivity contribution is -0.122. The first-order valence-electron chi connectivity index (χ1n) is 10.9. The van der Waals surface area contributed by atoms with Crippen molar-refractivity contribution in [3.8, 4) is 0 Å². The van der Waals surface area contributed by atoms with E-state index in [1.54, 1.807) is 24.8 Å². The lowest BCUT2D eigenvalue weighted by Crippen LogP contribution is -2.41. The zero-order valence-corrected chi connectivity index (χ0v) is 17.4. The summed E-state index contributed by atoms with van der Waals surface area (Å²) in [6.45, 7) is 4.69. The molecular weight excluding hydrogens is 380 g/mol. The monoisotopic (exact) mass is 410 g/mol. The van der Waals surface area contributed by atoms with E-state index in [4.69, 9.17) is 0 Å². The minimum absolute atomic E-state index is 0.0445. The van der Waals surface area contributed by atoms with E-state index >= 15 is 0 Å². The van der Waals surface area contributed by atoms with Crippen molar-refractivity contribution in [2.45, 2.75) is 38.6 Å². The Labute approximate surface area is 177 Å². The van der Waals surface area contributed by atoms with Crippen LogP contribution in [0.4, 0.5) is 5.82 Å². The molecule has 0 bridgehead atoms. The van der Waals surface area contributed by atoms with Gasteiger partial charge in [-0.2, -0.15) is 0 Å². The summed E-state index contributed by atoms with van der Waals surface area (Å²) in [5, 5.41) is 2.98. The molecule has 0 radical (unpaired) electrons. The summed E-state index contributed by atoms with van der Waals surface area (Å²) in [5.41, 5.74) is 0.692. The Morgan fingerprint density at radius 2 is 2.00 bits per heavy atom. The maximum atomic E-state index is 13.1. The third kappa shape index (κ3) is 5.17. The Morgan fingerprint density at radius 3 is 2.80 bits per heavy atom. The predicted molar refractivity (Wildman–Crippen MR) is 114 cm³/mol. The average Bonchev–Trinajstić information content (AvgIpc) is 3.48. The van der Waals surface area contributed by atoms with Crippen LogP contribution >= 0.6 is 0 Å². The molecule has 8 heteroatoms.